The van der Waals surface area contributed by atoms with Crippen LogP contribution >= 0.6 is 0 Å². The van der Waals surface area contributed by atoms with Crippen LogP contribution in [0.2, 0.25) is 0 Å². The molecule has 0 saturated heterocycles. The van der Waals surface area contributed by atoms with E-state index in [1.807, 2.05) is 0 Å². The van der Waals surface area contributed by atoms with Gasteiger partial charge in [0.05, 0.1) is 12.3 Å². The molecule has 0 radical (unpaired) electrons. The average Bonchev–Trinajstić information content (AvgIpc) is 2.62. The second-order valence-corrected chi connectivity index (χ2v) is 5.31. The molecule has 0 aromatic heterocycles. The second kappa shape index (κ2) is 9.53. The van der Waals surface area contributed by atoms with Crippen molar-refractivity contribution in [2.75, 3.05) is 18.5 Å². The largest absolute Gasteiger partial charge is 0.491 e. The maximum Gasteiger partial charge on any atom is 0.412 e. The number of aliphatic hydroxyl groups excluding tert-OH is 1. The molecule has 2 N–H and O–H groups in total. The molecule has 0 aliphatic rings. The van der Waals surface area contributed by atoms with Crippen LogP contribution in [0.15, 0.2) is 55.1 Å². The first kappa shape index (κ1) is 19.4. The zero-order chi connectivity index (χ0) is 18.9. The Morgan fingerprint density at radius 3 is 2.58 bits per heavy atom. The molecule has 0 fully saturated rings. The molecule has 2 aromatic carbocycles. The molecule has 2 aromatic rings. The molecule has 0 aliphatic carbocycles. The van der Waals surface area contributed by atoms with Crippen LogP contribution < -0.4 is 10.1 Å². The van der Waals surface area contributed by atoms with Gasteiger partial charge in [-0.05, 0) is 29.8 Å². The molecule has 7 heteroatoms. The fourth-order valence-corrected chi connectivity index (χ4v) is 2.21. The maximum absolute atomic E-state index is 13.6. The summed E-state index contributed by atoms with van der Waals surface area (Å²) >= 11 is 0. The first-order valence-electron chi connectivity index (χ1n) is 7.90. The summed E-state index contributed by atoms with van der Waals surface area (Å²) in [4.78, 5) is 12.0. The molecule has 1 atom stereocenters. The van der Waals surface area contributed by atoms with E-state index in [1.54, 1.807) is 30.3 Å². The van der Waals surface area contributed by atoms with Crippen LogP contribution in [0.3, 0.4) is 0 Å². The number of carbonyl (C=O) groups is 1. The first-order chi connectivity index (χ1) is 12.5. The highest BCUT2D eigenvalue weighted by atomic mass is 19.1. The van der Waals surface area contributed by atoms with E-state index in [-0.39, 0.29) is 18.9 Å². The van der Waals surface area contributed by atoms with Gasteiger partial charge in [0.1, 0.15) is 30.1 Å². The number of aliphatic hydroxyl groups is 1. The zero-order valence-electron chi connectivity index (χ0n) is 14.0. The molecule has 0 bridgehead atoms. The van der Waals surface area contributed by atoms with Crippen LogP contribution in [-0.4, -0.2) is 24.4 Å². The molecule has 2 rings (SSSR count). The predicted octanol–water partition coefficient (Wildman–Crippen LogP) is 4.20. The van der Waals surface area contributed by atoms with E-state index in [4.69, 9.17) is 14.6 Å². The number of anilines is 1. The Balaban J connectivity index is 2.04. The Kier molecular flexibility index (Phi) is 7.11. The minimum Gasteiger partial charge on any atom is -0.491 e. The van der Waals surface area contributed by atoms with Gasteiger partial charge in [-0.2, -0.15) is 0 Å². The van der Waals surface area contributed by atoms with Crippen molar-refractivity contribution in [3.63, 3.8) is 0 Å². The number of halogens is 2. The third-order valence-electron chi connectivity index (χ3n) is 3.41. The summed E-state index contributed by atoms with van der Waals surface area (Å²) in [6.45, 7) is 3.72. The van der Waals surface area contributed by atoms with E-state index in [9.17, 15) is 13.6 Å². The van der Waals surface area contributed by atoms with Crippen molar-refractivity contribution in [1.29, 1.82) is 0 Å². The molecular weight excluding hydrogens is 344 g/mol. The Bertz CT molecular complexity index is 750. The lowest BCUT2D eigenvalue weighted by atomic mass is 10.1. The van der Waals surface area contributed by atoms with Crippen LogP contribution in [0.25, 0.3) is 0 Å². The van der Waals surface area contributed by atoms with Gasteiger partial charge in [-0.25, -0.2) is 13.6 Å². The van der Waals surface area contributed by atoms with Crippen LogP contribution in [0, 0.1) is 11.6 Å². The fraction of sp³-hybridized carbons (Fsp3) is 0.211. The minimum atomic E-state index is -0.896. The van der Waals surface area contributed by atoms with E-state index in [1.165, 1.54) is 0 Å². The molecule has 5 nitrogen and oxygen atoms in total. The monoisotopic (exact) mass is 363 g/mol. The van der Waals surface area contributed by atoms with Crippen LogP contribution in [-0.2, 0) is 4.74 Å². The lowest BCUT2D eigenvalue weighted by molar-refractivity contribution is 0.112. The third kappa shape index (κ3) is 5.56. The minimum absolute atomic E-state index is 0.0932. The van der Waals surface area contributed by atoms with E-state index < -0.39 is 23.8 Å². The van der Waals surface area contributed by atoms with Crippen molar-refractivity contribution < 1.29 is 28.2 Å². The Morgan fingerprint density at radius 1 is 1.23 bits per heavy atom. The van der Waals surface area contributed by atoms with Gasteiger partial charge in [-0.1, -0.05) is 18.2 Å². The Morgan fingerprint density at radius 2 is 1.96 bits per heavy atom. The second-order valence-electron chi connectivity index (χ2n) is 5.31. The van der Waals surface area contributed by atoms with Gasteiger partial charge >= 0.3 is 6.09 Å². The SMILES string of the molecule is C=CC[C@@H](OC(=O)Nc1ccc(F)cc1F)c1ccc(OCCO)cc1. The zero-order valence-corrected chi connectivity index (χ0v) is 14.0. The maximum atomic E-state index is 13.6. The molecule has 0 spiro atoms. The summed E-state index contributed by atoms with van der Waals surface area (Å²) in [5, 5.41) is 11.0. The molecule has 0 aliphatic heterocycles. The van der Waals surface area contributed by atoms with Crippen LogP contribution in [0.1, 0.15) is 18.1 Å². The lowest BCUT2D eigenvalue weighted by Gasteiger charge is -2.18. The summed E-state index contributed by atoms with van der Waals surface area (Å²) in [5.41, 5.74) is 0.512. The van der Waals surface area contributed by atoms with Gasteiger partial charge in [0, 0.05) is 12.5 Å². The summed E-state index contributed by atoms with van der Waals surface area (Å²) < 4.78 is 37.1. The number of nitrogens with one attached hydrogen (secondary N) is 1. The number of amides is 1. The summed E-state index contributed by atoms with van der Waals surface area (Å²) in [6, 6.07) is 9.61. The van der Waals surface area contributed by atoms with E-state index in [0.717, 1.165) is 12.1 Å². The van der Waals surface area contributed by atoms with Crippen molar-refractivity contribution >= 4 is 11.8 Å². The van der Waals surface area contributed by atoms with E-state index >= 15 is 0 Å². The predicted molar refractivity (Wildman–Crippen MR) is 93.0 cm³/mol. The number of ether oxygens (including phenoxy) is 2. The van der Waals surface area contributed by atoms with Crippen molar-refractivity contribution in [2.24, 2.45) is 0 Å². The number of carbonyl (C=O) groups excluding carboxylic acids is 1. The van der Waals surface area contributed by atoms with Crippen molar-refractivity contribution in [3.05, 3.63) is 72.3 Å². The molecule has 26 heavy (non-hydrogen) atoms. The Hall–Kier alpha value is -2.93. The van der Waals surface area contributed by atoms with Gasteiger partial charge in [-0.15, -0.1) is 6.58 Å². The summed E-state index contributed by atoms with van der Waals surface area (Å²) in [5.74, 6) is -1.07. The fourth-order valence-electron chi connectivity index (χ4n) is 2.21. The lowest BCUT2D eigenvalue weighted by Crippen LogP contribution is -2.18. The highest BCUT2D eigenvalue weighted by Gasteiger charge is 2.17. The van der Waals surface area contributed by atoms with E-state index in [2.05, 4.69) is 11.9 Å². The summed E-state index contributed by atoms with van der Waals surface area (Å²) in [6.07, 6.45) is 0.425. The molecule has 0 heterocycles. The van der Waals surface area contributed by atoms with Gasteiger partial charge in [-0.3, -0.25) is 5.32 Å². The van der Waals surface area contributed by atoms with Crippen molar-refractivity contribution in [1.82, 2.24) is 0 Å². The van der Waals surface area contributed by atoms with Crippen molar-refractivity contribution in [3.8, 4) is 5.75 Å². The third-order valence-corrected chi connectivity index (χ3v) is 3.41. The quantitative estimate of drug-likeness (QED) is 0.690. The van der Waals surface area contributed by atoms with Gasteiger partial charge in [0.2, 0.25) is 0 Å². The molecule has 1 amide bonds. The number of benzene rings is 2. The smallest absolute Gasteiger partial charge is 0.412 e. The van der Waals surface area contributed by atoms with Crippen LogP contribution in [0.4, 0.5) is 19.3 Å². The molecule has 138 valence electrons. The topological polar surface area (TPSA) is 67.8 Å². The normalized spacial score (nSPS) is 11.5. The van der Waals surface area contributed by atoms with E-state index in [0.29, 0.717) is 23.8 Å². The average molecular weight is 363 g/mol. The Labute approximate surface area is 149 Å². The number of hydrogen-bond acceptors (Lipinski definition) is 4. The van der Waals surface area contributed by atoms with Crippen molar-refractivity contribution in [2.45, 2.75) is 12.5 Å². The molecular formula is C19H19F2NO4. The number of rotatable bonds is 8. The van der Waals surface area contributed by atoms with Gasteiger partial charge in [0.25, 0.3) is 0 Å². The van der Waals surface area contributed by atoms with Gasteiger partial charge < -0.3 is 14.6 Å². The van der Waals surface area contributed by atoms with Crippen LogP contribution in [0.5, 0.6) is 5.75 Å². The first-order valence-corrected chi connectivity index (χ1v) is 7.90. The summed E-state index contributed by atoms with van der Waals surface area (Å²) in [7, 11) is 0. The standard InChI is InChI=1S/C19H19F2NO4/c1-2-3-18(13-4-7-15(8-5-13)25-11-10-23)26-19(24)22-17-9-6-14(20)12-16(17)21/h2,4-9,12,18,23H,1,3,10-11H2,(H,22,24)/t18-/m1/s1. The van der Waals surface area contributed by atoms with Gasteiger partial charge in [0.15, 0.2) is 0 Å². The number of hydrogen-bond donors (Lipinski definition) is 2. The molecule has 0 saturated carbocycles. The highest BCUT2D eigenvalue weighted by Crippen LogP contribution is 2.25. The highest BCUT2D eigenvalue weighted by molar-refractivity contribution is 5.84. The molecule has 0 unspecified atom stereocenters.